The van der Waals surface area contributed by atoms with Crippen molar-refractivity contribution >= 4 is 10.0 Å². The molecule has 1 aromatic heterocycles. The van der Waals surface area contributed by atoms with Gasteiger partial charge >= 0.3 is 0 Å². The van der Waals surface area contributed by atoms with E-state index >= 15 is 0 Å². The number of sulfonamides is 1. The highest BCUT2D eigenvalue weighted by atomic mass is 32.2. The van der Waals surface area contributed by atoms with Crippen LogP contribution in [0.25, 0.3) is 0 Å². The molecule has 0 fully saturated rings. The van der Waals surface area contributed by atoms with Gasteiger partial charge in [0, 0.05) is 17.8 Å². The maximum Gasteiger partial charge on any atom is 0.240 e. The molecule has 1 N–H and O–H groups in total. The first-order valence-electron chi connectivity index (χ1n) is 8.09. The number of rotatable bonds is 6. The van der Waals surface area contributed by atoms with Gasteiger partial charge in [0.15, 0.2) is 0 Å². The van der Waals surface area contributed by atoms with E-state index in [2.05, 4.69) is 9.82 Å². The van der Waals surface area contributed by atoms with E-state index in [9.17, 15) is 8.42 Å². The van der Waals surface area contributed by atoms with Crippen LogP contribution in [0.2, 0.25) is 0 Å². The lowest BCUT2D eigenvalue weighted by molar-refractivity contribution is 0.581. The molecule has 0 bridgehead atoms. The van der Waals surface area contributed by atoms with Crippen LogP contribution in [0.1, 0.15) is 22.5 Å². The quantitative estimate of drug-likeness (QED) is 0.739. The van der Waals surface area contributed by atoms with E-state index in [1.807, 2.05) is 48.9 Å². The molecular weight excluding hydrogens is 334 g/mol. The fourth-order valence-electron chi connectivity index (χ4n) is 2.75. The van der Waals surface area contributed by atoms with Gasteiger partial charge in [0.05, 0.1) is 17.1 Å². The van der Waals surface area contributed by atoms with E-state index < -0.39 is 10.0 Å². The summed E-state index contributed by atoms with van der Waals surface area (Å²) in [6.45, 7) is 4.76. The summed E-state index contributed by atoms with van der Waals surface area (Å²) >= 11 is 0. The predicted octanol–water partition coefficient (Wildman–Crippen LogP) is 3.03. The van der Waals surface area contributed by atoms with E-state index in [0.29, 0.717) is 6.54 Å². The largest absolute Gasteiger partial charge is 0.265 e. The van der Waals surface area contributed by atoms with E-state index in [1.54, 1.807) is 30.3 Å². The minimum Gasteiger partial charge on any atom is -0.265 e. The minimum atomic E-state index is -3.53. The Balaban J connectivity index is 1.77. The van der Waals surface area contributed by atoms with Crippen LogP contribution in [0.5, 0.6) is 0 Å². The molecule has 6 heteroatoms. The summed E-state index contributed by atoms with van der Waals surface area (Å²) in [4.78, 5) is 0.266. The second-order valence-electron chi connectivity index (χ2n) is 5.93. The van der Waals surface area contributed by atoms with Crippen molar-refractivity contribution in [3.8, 4) is 0 Å². The molecule has 2 aromatic carbocycles. The zero-order valence-corrected chi connectivity index (χ0v) is 15.1. The van der Waals surface area contributed by atoms with Crippen molar-refractivity contribution in [2.24, 2.45) is 0 Å². The zero-order chi connectivity index (χ0) is 17.9. The van der Waals surface area contributed by atoms with E-state index in [4.69, 9.17) is 0 Å². The maximum atomic E-state index is 12.4. The minimum absolute atomic E-state index is 0.226. The Kier molecular flexibility index (Phi) is 5.01. The normalized spacial score (nSPS) is 11.6. The SMILES string of the molecule is Cc1nn(Cc2ccccc2)c(C)c1CNS(=O)(=O)c1ccccc1. The van der Waals surface area contributed by atoms with Gasteiger partial charge < -0.3 is 0 Å². The van der Waals surface area contributed by atoms with Crippen LogP contribution in [0, 0.1) is 13.8 Å². The van der Waals surface area contributed by atoms with E-state index in [0.717, 1.165) is 22.5 Å². The van der Waals surface area contributed by atoms with Crippen molar-refractivity contribution in [2.75, 3.05) is 0 Å². The van der Waals surface area contributed by atoms with Crippen molar-refractivity contribution in [2.45, 2.75) is 31.8 Å². The van der Waals surface area contributed by atoms with Crippen LogP contribution in [-0.4, -0.2) is 18.2 Å². The van der Waals surface area contributed by atoms with Crippen molar-refractivity contribution in [1.82, 2.24) is 14.5 Å². The summed E-state index contributed by atoms with van der Waals surface area (Å²) in [6, 6.07) is 18.5. The van der Waals surface area contributed by atoms with Gasteiger partial charge in [0.1, 0.15) is 0 Å². The highest BCUT2D eigenvalue weighted by Gasteiger charge is 2.17. The van der Waals surface area contributed by atoms with E-state index in [-0.39, 0.29) is 11.4 Å². The van der Waals surface area contributed by atoms with Gasteiger partial charge in [-0.1, -0.05) is 48.5 Å². The van der Waals surface area contributed by atoms with Crippen molar-refractivity contribution < 1.29 is 8.42 Å². The van der Waals surface area contributed by atoms with Gasteiger partial charge in [-0.2, -0.15) is 5.10 Å². The third-order valence-corrected chi connectivity index (χ3v) is 5.62. The first-order chi connectivity index (χ1) is 12.0. The summed E-state index contributed by atoms with van der Waals surface area (Å²) in [5.41, 5.74) is 3.88. The molecule has 3 aromatic rings. The second-order valence-corrected chi connectivity index (χ2v) is 7.70. The number of aryl methyl sites for hydroxylation is 1. The van der Waals surface area contributed by atoms with Crippen molar-refractivity contribution in [1.29, 1.82) is 0 Å². The van der Waals surface area contributed by atoms with Crippen LogP contribution in [-0.2, 0) is 23.1 Å². The first-order valence-corrected chi connectivity index (χ1v) is 9.57. The Morgan fingerprint density at radius 3 is 2.20 bits per heavy atom. The van der Waals surface area contributed by atoms with E-state index in [1.165, 1.54) is 0 Å². The van der Waals surface area contributed by atoms with Crippen LogP contribution >= 0.6 is 0 Å². The topological polar surface area (TPSA) is 64.0 Å². The van der Waals surface area contributed by atoms with Crippen LogP contribution in [0.3, 0.4) is 0 Å². The highest BCUT2D eigenvalue weighted by Crippen LogP contribution is 2.16. The fraction of sp³-hybridized carbons (Fsp3) is 0.211. The number of benzene rings is 2. The number of hydrogen-bond donors (Lipinski definition) is 1. The molecule has 25 heavy (non-hydrogen) atoms. The maximum absolute atomic E-state index is 12.4. The fourth-order valence-corrected chi connectivity index (χ4v) is 3.77. The van der Waals surface area contributed by atoms with Gasteiger partial charge in [-0.25, -0.2) is 13.1 Å². The van der Waals surface area contributed by atoms with Gasteiger partial charge in [0.25, 0.3) is 0 Å². The molecule has 0 spiro atoms. The smallest absolute Gasteiger partial charge is 0.240 e. The number of hydrogen-bond acceptors (Lipinski definition) is 3. The summed E-state index contributed by atoms with van der Waals surface area (Å²) in [6.07, 6.45) is 0. The molecule has 0 amide bonds. The Hall–Kier alpha value is -2.44. The predicted molar refractivity (Wildman–Crippen MR) is 97.7 cm³/mol. The molecule has 0 aliphatic carbocycles. The summed E-state index contributed by atoms with van der Waals surface area (Å²) in [5.74, 6) is 0. The average Bonchev–Trinajstić information content (AvgIpc) is 2.88. The second kappa shape index (κ2) is 7.21. The number of nitrogens with zero attached hydrogens (tertiary/aromatic N) is 2. The molecule has 0 radical (unpaired) electrons. The van der Waals surface area contributed by atoms with Crippen LogP contribution in [0.4, 0.5) is 0 Å². The van der Waals surface area contributed by atoms with Gasteiger partial charge in [-0.15, -0.1) is 0 Å². The average molecular weight is 355 g/mol. The molecule has 3 rings (SSSR count). The molecule has 0 aliphatic heterocycles. The third kappa shape index (κ3) is 3.97. The molecular formula is C19H21N3O2S. The molecule has 0 unspecified atom stereocenters. The molecule has 5 nitrogen and oxygen atoms in total. The highest BCUT2D eigenvalue weighted by molar-refractivity contribution is 7.89. The van der Waals surface area contributed by atoms with Crippen molar-refractivity contribution in [3.63, 3.8) is 0 Å². The summed E-state index contributed by atoms with van der Waals surface area (Å²) in [7, 11) is -3.53. The summed E-state index contributed by atoms with van der Waals surface area (Å²) < 4.78 is 29.4. The molecule has 0 saturated heterocycles. The van der Waals surface area contributed by atoms with Crippen LogP contribution < -0.4 is 4.72 Å². The molecule has 0 saturated carbocycles. The molecule has 130 valence electrons. The third-order valence-electron chi connectivity index (χ3n) is 4.20. The lowest BCUT2D eigenvalue weighted by atomic mass is 10.2. The van der Waals surface area contributed by atoms with Gasteiger partial charge in [-0.05, 0) is 31.5 Å². The van der Waals surface area contributed by atoms with Crippen LogP contribution in [0.15, 0.2) is 65.6 Å². The first kappa shape index (κ1) is 17.4. The monoisotopic (exact) mass is 355 g/mol. The lowest BCUT2D eigenvalue weighted by Gasteiger charge is -2.08. The van der Waals surface area contributed by atoms with Crippen molar-refractivity contribution in [3.05, 3.63) is 83.2 Å². The molecule has 0 aliphatic rings. The zero-order valence-electron chi connectivity index (χ0n) is 14.3. The Morgan fingerprint density at radius 2 is 1.56 bits per heavy atom. The standard InChI is InChI=1S/C19H21N3O2S/c1-15-19(13-20-25(23,24)18-11-7-4-8-12-18)16(2)22(21-15)14-17-9-5-3-6-10-17/h3-12,20H,13-14H2,1-2H3. The number of aromatic nitrogens is 2. The lowest BCUT2D eigenvalue weighted by Crippen LogP contribution is -2.23. The molecule has 0 atom stereocenters. The Bertz CT molecular complexity index is 949. The Labute approximate surface area is 148 Å². The van der Waals surface area contributed by atoms with Gasteiger partial charge in [0.2, 0.25) is 10.0 Å². The molecule has 1 heterocycles. The number of nitrogens with one attached hydrogen (secondary N) is 1. The Morgan fingerprint density at radius 1 is 0.960 bits per heavy atom. The summed E-state index contributed by atoms with van der Waals surface area (Å²) in [5, 5.41) is 4.56. The van der Waals surface area contributed by atoms with Gasteiger partial charge in [-0.3, -0.25) is 4.68 Å².